The first kappa shape index (κ1) is 21.4. The molecule has 0 fully saturated rings. The van der Waals surface area contributed by atoms with E-state index in [0.29, 0.717) is 0 Å². The molecule has 0 aliphatic rings. The Kier molecular flexibility index (Phi) is 7.55. The van der Waals surface area contributed by atoms with Crippen LogP contribution in [-0.4, -0.2) is 59.0 Å². The zero-order valence-electron chi connectivity index (χ0n) is 15.0. The van der Waals surface area contributed by atoms with Crippen LogP contribution in [0, 0.1) is 11.3 Å². The van der Waals surface area contributed by atoms with Crippen molar-refractivity contribution in [1.29, 1.82) is 5.26 Å². The summed E-state index contributed by atoms with van der Waals surface area (Å²) in [5, 5.41) is 8.55. The normalized spacial score (nSPS) is 12.0. The van der Waals surface area contributed by atoms with E-state index in [0.717, 1.165) is 6.07 Å². The first-order valence-electron chi connectivity index (χ1n) is 7.62. The van der Waals surface area contributed by atoms with Crippen LogP contribution in [0.15, 0.2) is 23.1 Å². The molecule has 142 valence electrons. The standard InChI is InChI=1S/C16H21N3O6S/c1-11(15(20)19(3)9-5-8-17)25-16(21)12-6-7-13(24-4)14(10-12)26(22,23)18-2/h6-7,10-11,18H,5,9H2,1-4H3/t11-/m1/s1. The molecule has 1 aromatic rings. The van der Waals surface area contributed by atoms with Gasteiger partial charge in [-0.2, -0.15) is 5.26 Å². The minimum atomic E-state index is -3.85. The monoisotopic (exact) mass is 383 g/mol. The second-order valence-corrected chi connectivity index (χ2v) is 7.14. The fourth-order valence-electron chi connectivity index (χ4n) is 2.04. The molecule has 1 aromatic carbocycles. The third kappa shape index (κ3) is 5.18. The lowest BCUT2D eigenvalue weighted by Crippen LogP contribution is -2.37. The van der Waals surface area contributed by atoms with Gasteiger partial charge in [-0.05, 0) is 32.2 Å². The zero-order valence-corrected chi connectivity index (χ0v) is 15.8. The summed E-state index contributed by atoms with van der Waals surface area (Å²) in [5.41, 5.74) is -0.0426. The Morgan fingerprint density at radius 3 is 2.58 bits per heavy atom. The van der Waals surface area contributed by atoms with Crippen LogP contribution in [0.3, 0.4) is 0 Å². The van der Waals surface area contributed by atoms with Gasteiger partial charge in [0.2, 0.25) is 10.0 Å². The number of nitriles is 1. The zero-order chi connectivity index (χ0) is 19.9. The quantitative estimate of drug-likeness (QED) is 0.649. The van der Waals surface area contributed by atoms with Crippen LogP contribution < -0.4 is 9.46 Å². The maximum atomic E-state index is 12.3. The average Bonchev–Trinajstić information content (AvgIpc) is 2.64. The summed E-state index contributed by atoms with van der Waals surface area (Å²) in [6, 6.07) is 5.70. The highest BCUT2D eigenvalue weighted by atomic mass is 32.2. The van der Waals surface area contributed by atoms with E-state index in [1.807, 2.05) is 6.07 Å². The van der Waals surface area contributed by atoms with Crippen molar-refractivity contribution in [1.82, 2.24) is 9.62 Å². The molecule has 0 unspecified atom stereocenters. The summed E-state index contributed by atoms with van der Waals surface area (Å²) in [5.74, 6) is -1.25. The van der Waals surface area contributed by atoms with E-state index >= 15 is 0 Å². The molecule has 0 saturated heterocycles. The van der Waals surface area contributed by atoms with Gasteiger partial charge in [-0.1, -0.05) is 0 Å². The fourth-order valence-corrected chi connectivity index (χ4v) is 2.96. The molecule has 0 aliphatic heterocycles. The highest BCUT2D eigenvalue weighted by Crippen LogP contribution is 2.25. The Morgan fingerprint density at radius 2 is 2.04 bits per heavy atom. The van der Waals surface area contributed by atoms with Crippen LogP contribution in [0.25, 0.3) is 0 Å². The second kappa shape index (κ2) is 9.17. The van der Waals surface area contributed by atoms with Gasteiger partial charge in [-0.15, -0.1) is 0 Å². The molecule has 1 atom stereocenters. The summed E-state index contributed by atoms with van der Waals surface area (Å²) < 4.78 is 36.3. The number of carbonyl (C=O) groups excluding carboxylic acids is 2. The van der Waals surface area contributed by atoms with Gasteiger partial charge in [0.1, 0.15) is 10.6 Å². The molecule has 26 heavy (non-hydrogen) atoms. The highest BCUT2D eigenvalue weighted by Gasteiger charge is 2.24. The summed E-state index contributed by atoms with van der Waals surface area (Å²) in [4.78, 5) is 25.4. The lowest BCUT2D eigenvalue weighted by atomic mass is 10.2. The Balaban J connectivity index is 2.99. The second-order valence-electron chi connectivity index (χ2n) is 5.29. The van der Waals surface area contributed by atoms with E-state index in [-0.39, 0.29) is 29.2 Å². The lowest BCUT2D eigenvalue weighted by molar-refractivity contribution is -0.138. The molecule has 0 aromatic heterocycles. The van der Waals surface area contributed by atoms with Gasteiger partial charge < -0.3 is 14.4 Å². The van der Waals surface area contributed by atoms with Gasteiger partial charge in [0.15, 0.2) is 6.10 Å². The molecule has 0 saturated carbocycles. The first-order chi connectivity index (χ1) is 12.2. The molecule has 0 spiro atoms. The molecule has 1 amide bonds. The molecule has 0 heterocycles. The molecule has 1 N–H and O–H groups in total. The Labute approximate surface area is 152 Å². The largest absolute Gasteiger partial charge is 0.495 e. The van der Waals surface area contributed by atoms with Crippen LogP contribution in [0.2, 0.25) is 0 Å². The van der Waals surface area contributed by atoms with Crippen LogP contribution >= 0.6 is 0 Å². The maximum absolute atomic E-state index is 12.3. The van der Waals surface area contributed by atoms with E-state index in [1.165, 1.54) is 45.2 Å². The minimum Gasteiger partial charge on any atom is -0.495 e. The number of rotatable bonds is 8. The van der Waals surface area contributed by atoms with Crippen molar-refractivity contribution >= 4 is 21.9 Å². The fraction of sp³-hybridized carbons (Fsp3) is 0.438. The predicted molar refractivity (Wildman–Crippen MR) is 92.0 cm³/mol. The summed E-state index contributed by atoms with van der Waals surface area (Å²) in [7, 11) is 0.180. The van der Waals surface area contributed by atoms with Gasteiger partial charge in [-0.25, -0.2) is 17.9 Å². The van der Waals surface area contributed by atoms with Gasteiger partial charge in [0.25, 0.3) is 5.91 Å². The van der Waals surface area contributed by atoms with Gasteiger partial charge in [0, 0.05) is 13.6 Å². The topological polar surface area (TPSA) is 126 Å². The number of ether oxygens (including phenoxy) is 2. The number of carbonyl (C=O) groups is 2. The van der Waals surface area contributed by atoms with Crippen LogP contribution in [0.5, 0.6) is 5.75 Å². The van der Waals surface area contributed by atoms with Gasteiger partial charge >= 0.3 is 5.97 Å². The van der Waals surface area contributed by atoms with Crippen molar-refractivity contribution in [2.75, 3.05) is 27.7 Å². The number of hydrogen-bond acceptors (Lipinski definition) is 7. The van der Waals surface area contributed by atoms with E-state index in [1.54, 1.807) is 0 Å². The van der Waals surface area contributed by atoms with Crippen LogP contribution in [0.1, 0.15) is 23.7 Å². The van der Waals surface area contributed by atoms with Crippen molar-refractivity contribution in [2.45, 2.75) is 24.3 Å². The Morgan fingerprint density at radius 1 is 1.38 bits per heavy atom. The summed E-state index contributed by atoms with van der Waals surface area (Å²) in [6.45, 7) is 1.61. The minimum absolute atomic E-state index is 0.0426. The molecular formula is C16H21N3O6S. The average molecular weight is 383 g/mol. The molecule has 1 rings (SSSR count). The van der Waals surface area contributed by atoms with Crippen molar-refractivity contribution < 1.29 is 27.5 Å². The number of amides is 1. The number of nitrogens with one attached hydrogen (secondary N) is 1. The van der Waals surface area contributed by atoms with Gasteiger partial charge in [-0.3, -0.25) is 4.79 Å². The number of likely N-dealkylation sites (N-methyl/N-ethyl adjacent to an activating group) is 1. The summed E-state index contributed by atoms with van der Waals surface area (Å²) in [6.07, 6.45) is -0.926. The van der Waals surface area contributed by atoms with E-state index in [2.05, 4.69) is 4.72 Å². The number of esters is 1. The number of benzene rings is 1. The van der Waals surface area contributed by atoms with Crippen LogP contribution in [-0.2, 0) is 19.6 Å². The molecule has 0 bridgehead atoms. The summed E-state index contributed by atoms with van der Waals surface area (Å²) >= 11 is 0. The number of sulfonamides is 1. The smallest absolute Gasteiger partial charge is 0.338 e. The van der Waals surface area contributed by atoms with E-state index in [4.69, 9.17) is 14.7 Å². The van der Waals surface area contributed by atoms with Crippen LogP contribution in [0.4, 0.5) is 0 Å². The Bertz CT molecular complexity index is 816. The molecule has 0 aliphatic carbocycles. The lowest BCUT2D eigenvalue weighted by Gasteiger charge is -2.20. The van der Waals surface area contributed by atoms with Crippen molar-refractivity contribution in [3.63, 3.8) is 0 Å². The molecule has 0 radical (unpaired) electrons. The molecule has 10 heteroatoms. The maximum Gasteiger partial charge on any atom is 0.338 e. The number of hydrogen-bond donors (Lipinski definition) is 1. The predicted octanol–water partition coefficient (Wildman–Crippen LogP) is 0.521. The third-order valence-electron chi connectivity index (χ3n) is 3.52. The number of methoxy groups -OCH3 is 1. The SMILES string of the molecule is CNS(=O)(=O)c1cc(C(=O)O[C@H](C)C(=O)N(C)CCC#N)ccc1OC. The highest BCUT2D eigenvalue weighted by molar-refractivity contribution is 7.89. The van der Waals surface area contributed by atoms with Gasteiger partial charge in [0.05, 0.1) is 25.2 Å². The van der Waals surface area contributed by atoms with E-state index < -0.39 is 28.0 Å². The molecule has 9 nitrogen and oxygen atoms in total. The third-order valence-corrected chi connectivity index (χ3v) is 4.96. The van der Waals surface area contributed by atoms with E-state index in [9.17, 15) is 18.0 Å². The Hall–Kier alpha value is -2.64. The van der Waals surface area contributed by atoms with Crippen molar-refractivity contribution in [3.05, 3.63) is 23.8 Å². The van der Waals surface area contributed by atoms with Crippen molar-refractivity contribution in [3.8, 4) is 11.8 Å². The number of nitrogens with zero attached hydrogens (tertiary/aromatic N) is 2. The first-order valence-corrected chi connectivity index (χ1v) is 9.10. The van der Waals surface area contributed by atoms with Crippen molar-refractivity contribution in [2.24, 2.45) is 0 Å². The molecular weight excluding hydrogens is 362 g/mol.